The number of hydrogen-bond acceptors (Lipinski definition) is 3. The maximum absolute atomic E-state index is 11.7. The van der Waals surface area contributed by atoms with E-state index in [0.717, 1.165) is 5.75 Å². The van der Waals surface area contributed by atoms with E-state index in [4.69, 9.17) is 32.7 Å². The van der Waals surface area contributed by atoms with Crippen LogP contribution in [0.5, 0.6) is 11.5 Å². The first kappa shape index (κ1) is 17.4. The van der Waals surface area contributed by atoms with Crippen molar-refractivity contribution in [1.82, 2.24) is 5.32 Å². The van der Waals surface area contributed by atoms with Gasteiger partial charge in [-0.05, 0) is 31.2 Å². The zero-order chi connectivity index (χ0) is 16.7. The molecule has 0 radical (unpaired) electrons. The van der Waals surface area contributed by atoms with Crippen LogP contribution in [0.2, 0.25) is 10.0 Å². The average molecular weight is 354 g/mol. The Bertz CT molecular complexity index is 659. The first-order valence-electron chi connectivity index (χ1n) is 7.08. The van der Waals surface area contributed by atoms with Gasteiger partial charge in [-0.25, -0.2) is 0 Å². The summed E-state index contributed by atoms with van der Waals surface area (Å²) in [5.41, 5.74) is 1.17. The Hall–Kier alpha value is -1.91. The molecule has 0 saturated heterocycles. The van der Waals surface area contributed by atoms with Crippen LogP contribution in [0.4, 0.5) is 0 Å². The van der Waals surface area contributed by atoms with Gasteiger partial charge in [-0.3, -0.25) is 4.79 Å². The molecular weight excluding hydrogens is 337 g/mol. The molecule has 0 bridgehead atoms. The molecule has 0 spiro atoms. The number of halogens is 2. The number of nitrogens with one attached hydrogen (secondary N) is 1. The zero-order valence-corrected chi connectivity index (χ0v) is 14.2. The normalized spacial score (nSPS) is 10.2. The number of carbonyl (C=O) groups is 1. The first-order valence-corrected chi connectivity index (χ1v) is 7.84. The molecule has 0 fully saturated rings. The van der Waals surface area contributed by atoms with Crippen molar-refractivity contribution in [2.75, 3.05) is 19.8 Å². The molecule has 0 aromatic heterocycles. The van der Waals surface area contributed by atoms with Crippen LogP contribution < -0.4 is 14.8 Å². The third-order valence-electron chi connectivity index (χ3n) is 2.97. The number of ether oxygens (including phenoxy) is 2. The van der Waals surface area contributed by atoms with E-state index in [0.29, 0.717) is 28.9 Å². The molecule has 2 aromatic carbocycles. The van der Waals surface area contributed by atoms with E-state index in [9.17, 15) is 4.79 Å². The van der Waals surface area contributed by atoms with Gasteiger partial charge in [-0.2, -0.15) is 0 Å². The highest BCUT2D eigenvalue weighted by atomic mass is 35.5. The molecule has 0 heterocycles. The molecule has 0 aliphatic carbocycles. The van der Waals surface area contributed by atoms with E-state index in [1.807, 2.05) is 31.2 Å². The van der Waals surface area contributed by atoms with Crippen LogP contribution in [0, 0.1) is 6.92 Å². The highest BCUT2D eigenvalue weighted by Gasteiger charge is 2.06. The fraction of sp³-hybridized carbons (Fsp3) is 0.235. The number of rotatable bonds is 7. The van der Waals surface area contributed by atoms with Gasteiger partial charge in [0.15, 0.2) is 6.61 Å². The quantitative estimate of drug-likeness (QED) is 0.768. The van der Waals surface area contributed by atoms with E-state index < -0.39 is 0 Å². The Morgan fingerprint density at radius 1 is 1.09 bits per heavy atom. The summed E-state index contributed by atoms with van der Waals surface area (Å²) >= 11 is 11.8. The Morgan fingerprint density at radius 2 is 1.83 bits per heavy atom. The fourth-order valence-corrected chi connectivity index (χ4v) is 2.11. The van der Waals surface area contributed by atoms with E-state index in [1.165, 1.54) is 5.56 Å². The molecule has 1 N–H and O–H groups in total. The van der Waals surface area contributed by atoms with E-state index in [-0.39, 0.29) is 12.5 Å². The van der Waals surface area contributed by atoms with Crippen LogP contribution in [0.1, 0.15) is 5.56 Å². The number of aryl methyl sites for hydroxylation is 1. The van der Waals surface area contributed by atoms with Crippen LogP contribution >= 0.6 is 23.2 Å². The molecule has 0 unspecified atom stereocenters. The smallest absolute Gasteiger partial charge is 0.258 e. The van der Waals surface area contributed by atoms with Gasteiger partial charge in [0.25, 0.3) is 5.91 Å². The second-order valence-electron chi connectivity index (χ2n) is 4.87. The molecule has 0 aliphatic heterocycles. The van der Waals surface area contributed by atoms with Gasteiger partial charge in [0.1, 0.15) is 18.1 Å². The maximum atomic E-state index is 11.7. The molecule has 122 valence electrons. The molecule has 0 aliphatic rings. The van der Waals surface area contributed by atoms with Crippen molar-refractivity contribution in [2.24, 2.45) is 0 Å². The molecule has 1 amide bonds. The second kappa shape index (κ2) is 8.65. The minimum Gasteiger partial charge on any atom is -0.492 e. The molecule has 4 nitrogen and oxygen atoms in total. The molecule has 0 atom stereocenters. The molecular formula is C17H17Cl2NO3. The monoisotopic (exact) mass is 353 g/mol. The van der Waals surface area contributed by atoms with Crippen molar-refractivity contribution >= 4 is 29.1 Å². The van der Waals surface area contributed by atoms with Crippen LogP contribution in [0.3, 0.4) is 0 Å². The number of carbonyl (C=O) groups excluding carboxylic acids is 1. The summed E-state index contributed by atoms with van der Waals surface area (Å²) in [5, 5.41) is 3.61. The lowest BCUT2D eigenvalue weighted by molar-refractivity contribution is -0.123. The summed E-state index contributed by atoms with van der Waals surface area (Å²) in [6.45, 7) is 2.65. The van der Waals surface area contributed by atoms with Crippen molar-refractivity contribution in [2.45, 2.75) is 6.92 Å². The van der Waals surface area contributed by atoms with E-state index in [2.05, 4.69) is 5.32 Å². The predicted octanol–water partition coefficient (Wildman–Crippen LogP) is 3.88. The maximum Gasteiger partial charge on any atom is 0.258 e. The van der Waals surface area contributed by atoms with Crippen LogP contribution in [-0.4, -0.2) is 25.7 Å². The van der Waals surface area contributed by atoms with Gasteiger partial charge < -0.3 is 14.8 Å². The summed E-state index contributed by atoms with van der Waals surface area (Å²) in [7, 11) is 0. The van der Waals surface area contributed by atoms with Crippen molar-refractivity contribution in [3.05, 3.63) is 58.1 Å². The topological polar surface area (TPSA) is 47.6 Å². The molecule has 0 saturated carbocycles. The van der Waals surface area contributed by atoms with Crippen molar-refractivity contribution in [1.29, 1.82) is 0 Å². The first-order chi connectivity index (χ1) is 11.0. The van der Waals surface area contributed by atoms with Crippen molar-refractivity contribution < 1.29 is 14.3 Å². The zero-order valence-electron chi connectivity index (χ0n) is 12.6. The third-order valence-corrected chi connectivity index (χ3v) is 3.51. The minimum absolute atomic E-state index is 0.134. The molecule has 2 aromatic rings. The molecule has 23 heavy (non-hydrogen) atoms. The van der Waals surface area contributed by atoms with Crippen LogP contribution in [0.25, 0.3) is 0 Å². The highest BCUT2D eigenvalue weighted by Crippen LogP contribution is 2.27. The second-order valence-corrected chi connectivity index (χ2v) is 5.72. The van der Waals surface area contributed by atoms with Gasteiger partial charge in [-0.15, -0.1) is 0 Å². The number of amides is 1. The Balaban J connectivity index is 1.67. The predicted molar refractivity (Wildman–Crippen MR) is 91.6 cm³/mol. The van der Waals surface area contributed by atoms with Gasteiger partial charge in [0.05, 0.1) is 11.6 Å². The lowest BCUT2D eigenvalue weighted by atomic mass is 10.2. The lowest BCUT2D eigenvalue weighted by Gasteiger charge is -2.10. The van der Waals surface area contributed by atoms with E-state index >= 15 is 0 Å². The summed E-state index contributed by atoms with van der Waals surface area (Å²) in [4.78, 5) is 11.7. The van der Waals surface area contributed by atoms with E-state index in [1.54, 1.807) is 18.2 Å². The summed E-state index contributed by atoms with van der Waals surface area (Å²) in [5.74, 6) is 0.894. The van der Waals surface area contributed by atoms with Crippen molar-refractivity contribution in [3.8, 4) is 11.5 Å². The highest BCUT2D eigenvalue weighted by molar-refractivity contribution is 6.34. The average Bonchev–Trinajstić information content (AvgIpc) is 2.54. The molecule has 6 heteroatoms. The number of benzene rings is 2. The van der Waals surface area contributed by atoms with Gasteiger partial charge in [0, 0.05) is 11.1 Å². The van der Waals surface area contributed by atoms with Crippen LogP contribution in [-0.2, 0) is 4.79 Å². The third kappa shape index (κ3) is 6.00. The van der Waals surface area contributed by atoms with Crippen molar-refractivity contribution in [3.63, 3.8) is 0 Å². The summed E-state index contributed by atoms with van der Waals surface area (Å²) in [6.07, 6.45) is 0. The fourth-order valence-electron chi connectivity index (χ4n) is 1.78. The van der Waals surface area contributed by atoms with Gasteiger partial charge >= 0.3 is 0 Å². The SMILES string of the molecule is Cc1ccc(OCCNC(=O)COc2cc(Cl)ccc2Cl)cc1. The Kier molecular flexibility index (Phi) is 6.56. The molecule has 2 rings (SSSR count). The van der Waals surface area contributed by atoms with Gasteiger partial charge in [0.2, 0.25) is 0 Å². The lowest BCUT2D eigenvalue weighted by Crippen LogP contribution is -2.32. The Labute approximate surface area is 145 Å². The van der Waals surface area contributed by atoms with Crippen LogP contribution in [0.15, 0.2) is 42.5 Å². The standard InChI is InChI=1S/C17H17Cl2NO3/c1-12-2-5-14(6-3-12)22-9-8-20-17(21)11-23-16-10-13(18)4-7-15(16)19/h2-7,10H,8-9,11H2,1H3,(H,20,21). The summed E-state index contributed by atoms with van der Waals surface area (Å²) in [6, 6.07) is 12.6. The summed E-state index contributed by atoms with van der Waals surface area (Å²) < 4.78 is 10.9. The number of hydrogen-bond donors (Lipinski definition) is 1. The van der Waals surface area contributed by atoms with Gasteiger partial charge in [-0.1, -0.05) is 40.9 Å². The Morgan fingerprint density at radius 3 is 2.57 bits per heavy atom. The largest absolute Gasteiger partial charge is 0.492 e. The minimum atomic E-state index is -0.256.